The summed E-state index contributed by atoms with van der Waals surface area (Å²) >= 11 is 9.51. The van der Waals surface area contributed by atoms with Gasteiger partial charge in [0.1, 0.15) is 0 Å². The molecule has 0 spiro atoms. The van der Waals surface area contributed by atoms with Gasteiger partial charge in [-0.2, -0.15) is 0 Å². The van der Waals surface area contributed by atoms with E-state index in [0.717, 1.165) is 17.7 Å². The fourth-order valence-electron chi connectivity index (χ4n) is 2.10. The van der Waals surface area contributed by atoms with Crippen molar-refractivity contribution in [2.75, 3.05) is 0 Å². The fraction of sp³-hybridized carbons (Fsp3) is 0.250. The molecule has 20 heavy (non-hydrogen) atoms. The van der Waals surface area contributed by atoms with Crippen molar-refractivity contribution < 1.29 is 8.78 Å². The summed E-state index contributed by atoms with van der Waals surface area (Å²) < 4.78 is 26.4. The molecule has 0 radical (unpaired) electrons. The highest BCUT2D eigenvalue weighted by Gasteiger charge is 2.16. The van der Waals surface area contributed by atoms with Crippen molar-refractivity contribution >= 4 is 27.5 Å². The Morgan fingerprint density at radius 2 is 1.75 bits per heavy atom. The van der Waals surface area contributed by atoms with Crippen LogP contribution in [-0.2, 0) is 6.42 Å². The lowest BCUT2D eigenvalue weighted by molar-refractivity contribution is 0.507. The SMILES string of the molecule is Cc1ccc(C)c(CC(Br)c2cc(F)c(F)cc2Cl)c1. The van der Waals surface area contributed by atoms with Crippen molar-refractivity contribution in [3.05, 3.63) is 69.2 Å². The minimum absolute atomic E-state index is 0.161. The highest BCUT2D eigenvalue weighted by molar-refractivity contribution is 9.09. The summed E-state index contributed by atoms with van der Waals surface area (Å²) in [5.41, 5.74) is 4.06. The third-order valence-corrected chi connectivity index (χ3v) is 4.43. The van der Waals surface area contributed by atoms with E-state index >= 15 is 0 Å². The lowest BCUT2D eigenvalue weighted by Crippen LogP contribution is -2.00. The molecule has 1 unspecified atom stereocenters. The molecule has 0 N–H and O–H groups in total. The Hall–Kier alpha value is -0.930. The van der Waals surface area contributed by atoms with Crippen LogP contribution in [0.1, 0.15) is 27.1 Å². The average Bonchev–Trinajstić information content (AvgIpc) is 2.38. The van der Waals surface area contributed by atoms with Crippen LogP contribution in [0.2, 0.25) is 5.02 Å². The molecule has 0 saturated carbocycles. The molecule has 2 aromatic carbocycles. The summed E-state index contributed by atoms with van der Waals surface area (Å²) in [7, 11) is 0. The largest absolute Gasteiger partial charge is 0.204 e. The van der Waals surface area contributed by atoms with Crippen LogP contribution in [0.4, 0.5) is 8.78 Å². The third kappa shape index (κ3) is 3.39. The topological polar surface area (TPSA) is 0 Å². The van der Waals surface area contributed by atoms with E-state index in [1.54, 1.807) is 0 Å². The first-order chi connectivity index (χ1) is 9.38. The molecule has 0 nitrogen and oxygen atoms in total. The van der Waals surface area contributed by atoms with Gasteiger partial charge in [0.25, 0.3) is 0 Å². The van der Waals surface area contributed by atoms with E-state index < -0.39 is 11.6 Å². The Labute approximate surface area is 130 Å². The summed E-state index contributed by atoms with van der Waals surface area (Å²) in [5, 5.41) is 0.232. The van der Waals surface area contributed by atoms with Crippen molar-refractivity contribution in [3.63, 3.8) is 0 Å². The van der Waals surface area contributed by atoms with Crippen molar-refractivity contribution in [2.45, 2.75) is 25.1 Å². The maximum Gasteiger partial charge on any atom is 0.160 e. The Balaban J connectivity index is 2.30. The van der Waals surface area contributed by atoms with E-state index in [1.165, 1.54) is 11.1 Å². The van der Waals surface area contributed by atoms with Gasteiger partial charge < -0.3 is 0 Å². The number of rotatable bonds is 3. The Bertz CT molecular complexity index is 641. The first-order valence-electron chi connectivity index (χ1n) is 6.23. The van der Waals surface area contributed by atoms with Crippen LogP contribution < -0.4 is 0 Å². The number of hydrogen-bond donors (Lipinski definition) is 0. The lowest BCUT2D eigenvalue weighted by atomic mass is 9.98. The molecule has 2 rings (SSSR count). The van der Waals surface area contributed by atoms with Crippen LogP contribution in [0.15, 0.2) is 30.3 Å². The van der Waals surface area contributed by atoms with Crippen molar-refractivity contribution in [1.82, 2.24) is 0 Å². The molecule has 0 fully saturated rings. The summed E-state index contributed by atoms with van der Waals surface area (Å²) in [6, 6.07) is 8.37. The molecular formula is C16H14BrClF2. The van der Waals surface area contributed by atoms with E-state index in [0.29, 0.717) is 12.0 Å². The van der Waals surface area contributed by atoms with E-state index in [1.807, 2.05) is 19.9 Å². The maximum absolute atomic E-state index is 13.3. The molecule has 4 heteroatoms. The van der Waals surface area contributed by atoms with Crippen molar-refractivity contribution in [1.29, 1.82) is 0 Å². The van der Waals surface area contributed by atoms with Gasteiger partial charge in [0.15, 0.2) is 11.6 Å². The zero-order chi connectivity index (χ0) is 14.9. The molecular weight excluding hydrogens is 346 g/mol. The predicted molar refractivity (Wildman–Crippen MR) is 82.7 cm³/mol. The van der Waals surface area contributed by atoms with E-state index in [2.05, 4.69) is 28.1 Å². The number of halogens is 4. The Morgan fingerprint density at radius 1 is 1.10 bits per heavy atom. The molecule has 2 aromatic rings. The number of alkyl halides is 1. The molecule has 106 valence electrons. The monoisotopic (exact) mass is 358 g/mol. The van der Waals surface area contributed by atoms with Gasteiger partial charge in [0, 0.05) is 9.85 Å². The molecule has 0 bridgehead atoms. The molecule has 0 heterocycles. The van der Waals surface area contributed by atoms with Crippen LogP contribution in [0.5, 0.6) is 0 Å². The van der Waals surface area contributed by atoms with Gasteiger partial charge in [-0.25, -0.2) is 8.78 Å². The Kier molecular flexibility index (Phi) is 4.82. The van der Waals surface area contributed by atoms with Crippen LogP contribution in [-0.4, -0.2) is 0 Å². The highest BCUT2D eigenvalue weighted by atomic mass is 79.9. The molecule has 0 aliphatic heterocycles. The average molecular weight is 360 g/mol. The number of benzene rings is 2. The summed E-state index contributed by atoms with van der Waals surface area (Å²) in [6.45, 7) is 4.05. The van der Waals surface area contributed by atoms with Crippen LogP contribution in [0.25, 0.3) is 0 Å². The Morgan fingerprint density at radius 3 is 2.45 bits per heavy atom. The second-order valence-corrected chi connectivity index (χ2v) is 6.40. The highest BCUT2D eigenvalue weighted by Crippen LogP contribution is 2.34. The second kappa shape index (κ2) is 6.23. The van der Waals surface area contributed by atoms with Crippen molar-refractivity contribution in [2.24, 2.45) is 0 Å². The van der Waals surface area contributed by atoms with Gasteiger partial charge >= 0.3 is 0 Å². The molecule has 0 aliphatic carbocycles. The molecule has 1 atom stereocenters. The number of hydrogen-bond acceptors (Lipinski definition) is 0. The lowest BCUT2D eigenvalue weighted by Gasteiger charge is -2.15. The smallest absolute Gasteiger partial charge is 0.160 e. The van der Waals surface area contributed by atoms with Gasteiger partial charge in [-0.05, 0) is 49.1 Å². The van der Waals surface area contributed by atoms with Gasteiger partial charge in [0.2, 0.25) is 0 Å². The normalized spacial score (nSPS) is 12.5. The van der Waals surface area contributed by atoms with E-state index in [9.17, 15) is 8.78 Å². The van der Waals surface area contributed by atoms with Gasteiger partial charge in [-0.1, -0.05) is 51.3 Å². The summed E-state index contributed by atoms with van der Waals surface area (Å²) in [5.74, 6) is -1.81. The van der Waals surface area contributed by atoms with Crippen molar-refractivity contribution in [3.8, 4) is 0 Å². The summed E-state index contributed by atoms with van der Waals surface area (Å²) in [6.07, 6.45) is 0.665. The van der Waals surface area contributed by atoms with E-state index in [4.69, 9.17) is 11.6 Å². The first-order valence-corrected chi connectivity index (χ1v) is 7.52. The van der Waals surface area contributed by atoms with Crippen LogP contribution in [0.3, 0.4) is 0 Å². The third-order valence-electron chi connectivity index (χ3n) is 3.28. The number of aryl methyl sites for hydroxylation is 2. The van der Waals surface area contributed by atoms with Gasteiger partial charge in [-0.15, -0.1) is 0 Å². The quantitative estimate of drug-likeness (QED) is 0.472. The molecule has 0 saturated heterocycles. The minimum atomic E-state index is -0.926. The fourth-order valence-corrected chi connectivity index (χ4v) is 3.24. The van der Waals surface area contributed by atoms with E-state index in [-0.39, 0.29) is 9.85 Å². The maximum atomic E-state index is 13.3. The molecule has 0 aromatic heterocycles. The minimum Gasteiger partial charge on any atom is -0.204 e. The van der Waals surface area contributed by atoms with Gasteiger partial charge in [0.05, 0.1) is 0 Å². The standard InChI is InChI=1S/C16H14BrClF2/c1-9-3-4-10(2)11(5-9)6-13(17)12-7-15(19)16(20)8-14(12)18/h3-5,7-8,13H,6H2,1-2H3. The second-order valence-electron chi connectivity index (χ2n) is 4.89. The zero-order valence-electron chi connectivity index (χ0n) is 11.2. The van der Waals surface area contributed by atoms with Gasteiger partial charge in [-0.3, -0.25) is 0 Å². The zero-order valence-corrected chi connectivity index (χ0v) is 13.5. The first kappa shape index (κ1) is 15.5. The predicted octanol–water partition coefficient (Wildman–Crippen LogP) is 5.91. The molecule has 0 aliphatic rings. The molecule has 0 amide bonds. The summed E-state index contributed by atoms with van der Waals surface area (Å²) in [4.78, 5) is -0.161. The van der Waals surface area contributed by atoms with Crippen LogP contribution >= 0.6 is 27.5 Å². The van der Waals surface area contributed by atoms with Crippen LogP contribution in [0, 0.1) is 25.5 Å².